The van der Waals surface area contributed by atoms with Crippen LogP contribution in [0.5, 0.6) is 11.5 Å². The van der Waals surface area contributed by atoms with Crippen LogP contribution in [0.4, 0.5) is 0 Å². The van der Waals surface area contributed by atoms with Gasteiger partial charge in [0, 0.05) is 11.1 Å². The summed E-state index contributed by atoms with van der Waals surface area (Å²) in [5.41, 5.74) is 9.49. The third-order valence-electron chi connectivity index (χ3n) is 3.45. The largest absolute Gasteiger partial charge is 0.457 e. The van der Waals surface area contributed by atoms with E-state index in [4.69, 9.17) is 22.1 Å². The fraction of sp³-hybridized carbons (Fsp3) is 0.333. The molecule has 2 aromatic carbocycles. The van der Waals surface area contributed by atoms with Gasteiger partial charge in [-0.25, -0.2) is 0 Å². The molecule has 0 radical (unpaired) electrons. The second kappa shape index (κ2) is 6.97. The van der Waals surface area contributed by atoms with Crippen LogP contribution in [-0.4, -0.2) is 6.04 Å². The lowest BCUT2D eigenvalue weighted by atomic mass is 10.0. The molecule has 0 saturated heterocycles. The van der Waals surface area contributed by atoms with Crippen LogP contribution in [0.1, 0.15) is 30.0 Å². The quantitative estimate of drug-likeness (QED) is 0.841. The van der Waals surface area contributed by atoms with Gasteiger partial charge in [0.2, 0.25) is 0 Å². The second-order valence-electron chi connectivity index (χ2n) is 5.55. The topological polar surface area (TPSA) is 35.2 Å². The molecule has 0 amide bonds. The Morgan fingerprint density at radius 2 is 1.76 bits per heavy atom. The summed E-state index contributed by atoms with van der Waals surface area (Å²) in [6.07, 6.45) is 1.69. The van der Waals surface area contributed by atoms with Crippen LogP contribution in [-0.2, 0) is 6.42 Å². The molecule has 0 aliphatic carbocycles. The van der Waals surface area contributed by atoms with E-state index in [2.05, 4.69) is 26.8 Å². The summed E-state index contributed by atoms with van der Waals surface area (Å²) in [5.74, 6) is 1.68. The smallest absolute Gasteiger partial charge is 0.130 e. The maximum absolute atomic E-state index is 6.10. The molecule has 112 valence electrons. The highest BCUT2D eigenvalue weighted by molar-refractivity contribution is 6.30. The molecular weight excluding hydrogens is 282 g/mol. The number of hydrogen-bond acceptors (Lipinski definition) is 2. The minimum Gasteiger partial charge on any atom is -0.457 e. The van der Waals surface area contributed by atoms with Gasteiger partial charge < -0.3 is 10.5 Å². The number of ether oxygens (including phenoxy) is 1. The van der Waals surface area contributed by atoms with Gasteiger partial charge in [-0.05, 0) is 73.7 Å². The molecule has 2 rings (SSSR count). The Morgan fingerprint density at radius 3 is 2.38 bits per heavy atom. The van der Waals surface area contributed by atoms with Crippen molar-refractivity contribution in [1.29, 1.82) is 0 Å². The summed E-state index contributed by atoms with van der Waals surface area (Å²) in [5, 5.41) is 0.709. The zero-order chi connectivity index (χ0) is 15.4. The molecule has 0 saturated carbocycles. The Labute approximate surface area is 131 Å². The average Bonchev–Trinajstić information content (AvgIpc) is 2.40. The minimum atomic E-state index is 0.116. The molecule has 0 aliphatic heterocycles. The molecule has 2 N–H and O–H groups in total. The van der Waals surface area contributed by atoms with Gasteiger partial charge in [-0.15, -0.1) is 0 Å². The van der Waals surface area contributed by atoms with E-state index in [1.54, 1.807) is 0 Å². The van der Waals surface area contributed by atoms with Gasteiger partial charge in [0.25, 0.3) is 0 Å². The number of benzene rings is 2. The average molecular weight is 304 g/mol. The molecule has 0 bridgehead atoms. The Bertz CT molecular complexity index is 604. The van der Waals surface area contributed by atoms with E-state index < -0.39 is 0 Å². The van der Waals surface area contributed by atoms with Gasteiger partial charge in [-0.3, -0.25) is 0 Å². The van der Waals surface area contributed by atoms with Gasteiger partial charge in [0.1, 0.15) is 11.5 Å². The van der Waals surface area contributed by atoms with E-state index in [9.17, 15) is 0 Å². The maximum atomic E-state index is 6.10. The van der Waals surface area contributed by atoms with Crippen LogP contribution in [0, 0.1) is 13.8 Å². The zero-order valence-electron chi connectivity index (χ0n) is 12.8. The van der Waals surface area contributed by atoms with E-state index >= 15 is 0 Å². The standard InChI is InChI=1S/C18H22ClNO/c1-4-16(20)11-14-10-15(19)5-6-18(14)21-17-8-12(2)7-13(3)9-17/h5-10,16H,4,11,20H2,1-3H3. The summed E-state index contributed by atoms with van der Waals surface area (Å²) in [6.45, 7) is 6.21. The van der Waals surface area contributed by atoms with Gasteiger partial charge in [-0.1, -0.05) is 24.6 Å². The molecule has 2 aromatic rings. The molecule has 0 fully saturated rings. The lowest BCUT2D eigenvalue weighted by Gasteiger charge is -2.15. The van der Waals surface area contributed by atoms with Gasteiger partial charge >= 0.3 is 0 Å². The fourth-order valence-corrected chi connectivity index (χ4v) is 2.55. The van der Waals surface area contributed by atoms with Gasteiger partial charge in [0.05, 0.1) is 0 Å². The summed E-state index contributed by atoms with van der Waals surface area (Å²) >= 11 is 6.10. The number of hydrogen-bond donors (Lipinski definition) is 1. The Kier molecular flexibility index (Phi) is 5.27. The van der Waals surface area contributed by atoms with Crippen molar-refractivity contribution in [3.8, 4) is 11.5 Å². The van der Waals surface area contributed by atoms with Gasteiger partial charge in [-0.2, -0.15) is 0 Å². The van der Waals surface area contributed by atoms with Crippen molar-refractivity contribution in [2.24, 2.45) is 5.73 Å². The minimum absolute atomic E-state index is 0.116. The number of rotatable bonds is 5. The number of halogens is 1. The van der Waals surface area contributed by atoms with Crippen LogP contribution in [0.3, 0.4) is 0 Å². The van der Waals surface area contributed by atoms with Crippen molar-refractivity contribution in [3.05, 3.63) is 58.1 Å². The van der Waals surface area contributed by atoms with Gasteiger partial charge in [0.15, 0.2) is 0 Å². The molecule has 21 heavy (non-hydrogen) atoms. The fourth-order valence-electron chi connectivity index (χ4n) is 2.35. The molecule has 0 heterocycles. The van der Waals surface area contributed by atoms with Crippen LogP contribution >= 0.6 is 11.6 Å². The number of nitrogens with two attached hydrogens (primary N) is 1. The highest BCUT2D eigenvalue weighted by atomic mass is 35.5. The predicted octanol–water partition coefficient (Wildman–Crippen LogP) is 5.03. The zero-order valence-corrected chi connectivity index (χ0v) is 13.6. The van der Waals surface area contributed by atoms with E-state index in [0.29, 0.717) is 5.02 Å². The molecule has 3 heteroatoms. The lowest BCUT2D eigenvalue weighted by molar-refractivity contribution is 0.471. The lowest BCUT2D eigenvalue weighted by Crippen LogP contribution is -2.21. The summed E-state index contributed by atoms with van der Waals surface area (Å²) < 4.78 is 6.06. The van der Waals surface area contributed by atoms with Crippen molar-refractivity contribution in [3.63, 3.8) is 0 Å². The molecule has 0 aliphatic rings. The predicted molar refractivity (Wildman–Crippen MR) is 89.4 cm³/mol. The van der Waals surface area contributed by atoms with Crippen LogP contribution in [0.25, 0.3) is 0 Å². The first-order chi connectivity index (χ1) is 9.97. The second-order valence-corrected chi connectivity index (χ2v) is 5.99. The number of aryl methyl sites for hydroxylation is 2. The van der Waals surface area contributed by atoms with E-state index in [1.807, 2.05) is 30.3 Å². The highest BCUT2D eigenvalue weighted by Crippen LogP contribution is 2.30. The van der Waals surface area contributed by atoms with Crippen LogP contribution in [0.15, 0.2) is 36.4 Å². The third kappa shape index (κ3) is 4.48. The molecule has 0 aromatic heterocycles. The van der Waals surface area contributed by atoms with Crippen molar-refractivity contribution in [1.82, 2.24) is 0 Å². The first-order valence-electron chi connectivity index (χ1n) is 7.28. The van der Waals surface area contributed by atoms with Crippen molar-refractivity contribution < 1.29 is 4.74 Å². The highest BCUT2D eigenvalue weighted by Gasteiger charge is 2.10. The Morgan fingerprint density at radius 1 is 1.10 bits per heavy atom. The SMILES string of the molecule is CCC(N)Cc1cc(Cl)ccc1Oc1cc(C)cc(C)c1. The van der Waals surface area contributed by atoms with Crippen molar-refractivity contribution in [2.75, 3.05) is 0 Å². The molecule has 1 unspecified atom stereocenters. The molecule has 0 spiro atoms. The van der Waals surface area contributed by atoms with E-state index in [0.717, 1.165) is 29.9 Å². The molecule has 2 nitrogen and oxygen atoms in total. The third-order valence-corrected chi connectivity index (χ3v) is 3.69. The molecule has 1 atom stereocenters. The van der Waals surface area contributed by atoms with Crippen LogP contribution < -0.4 is 10.5 Å². The van der Waals surface area contributed by atoms with Crippen molar-refractivity contribution in [2.45, 2.75) is 39.7 Å². The first kappa shape index (κ1) is 15.9. The summed E-state index contributed by atoms with van der Waals surface area (Å²) in [6, 6.07) is 12.0. The monoisotopic (exact) mass is 303 g/mol. The summed E-state index contributed by atoms with van der Waals surface area (Å²) in [7, 11) is 0. The first-order valence-corrected chi connectivity index (χ1v) is 7.66. The van der Waals surface area contributed by atoms with E-state index in [1.165, 1.54) is 11.1 Å². The molecular formula is C18H22ClNO. The normalized spacial score (nSPS) is 12.2. The Balaban J connectivity index is 2.30. The van der Waals surface area contributed by atoms with Crippen molar-refractivity contribution >= 4 is 11.6 Å². The maximum Gasteiger partial charge on any atom is 0.130 e. The van der Waals surface area contributed by atoms with E-state index in [-0.39, 0.29) is 6.04 Å². The Hall–Kier alpha value is -1.51. The summed E-state index contributed by atoms with van der Waals surface area (Å²) in [4.78, 5) is 0. The van der Waals surface area contributed by atoms with Crippen LogP contribution in [0.2, 0.25) is 5.02 Å².